The summed E-state index contributed by atoms with van der Waals surface area (Å²) in [6.07, 6.45) is 3.12. The quantitative estimate of drug-likeness (QED) is 0.555. The maximum absolute atomic E-state index is 13.2. The van der Waals surface area contributed by atoms with E-state index in [-0.39, 0.29) is 11.4 Å². The molecule has 1 N–H and O–H groups in total. The van der Waals surface area contributed by atoms with E-state index in [2.05, 4.69) is 10.3 Å². The van der Waals surface area contributed by atoms with Crippen LogP contribution in [0.3, 0.4) is 0 Å². The Hall–Kier alpha value is -3.24. The molecule has 0 radical (unpaired) electrons. The molecule has 0 bridgehead atoms. The summed E-state index contributed by atoms with van der Waals surface area (Å²) in [6, 6.07) is 9.97. The first kappa shape index (κ1) is 17.6. The highest BCUT2D eigenvalue weighted by Crippen LogP contribution is 2.23. The Bertz CT molecular complexity index is 1010. The van der Waals surface area contributed by atoms with Crippen LogP contribution in [-0.4, -0.2) is 15.5 Å². The van der Waals surface area contributed by atoms with Gasteiger partial charge in [-0.3, -0.25) is 10.1 Å². The molecule has 3 rings (SSSR count). The molecule has 26 heavy (non-hydrogen) atoms. The van der Waals surface area contributed by atoms with Gasteiger partial charge < -0.3 is 4.57 Å². The summed E-state index contributed by atoms with van der Waals surface area (Å²) in [6.45, 7) is 3.80. The molecular formula is C19H15FN4OS. The highest BCUT2D eigenvalue weighted by atomic mass is 32.1. The van der Waals surface area contributed by atoms with Crippen LogP contribution in [0.1, 0.15) is 17.0 Å². The van der Waals surface area contributed by atoms with Gasteiger partial charge in [-0.15, -0.1) is 11.3 Å². The Morgan fingerprint density at radius 3 is 2.69 bits per heavy atom. The minimum atomic E-state index is -0.506. The maximum atomic E-state index is 13.2. The second-order valence-electron chi connectivity index (χ2n) is 5.60. The fraction of sp³-hybridized carbons (Fsp3) is 0.105. The Morgan fingerprint density at radius 1 is 1.35 bits per heavy atom. The van der Waals surface area contributed by atoms with Gasteiger partial charge in [-0.05, 0) is 55.8 Å². The van der Waals surface area contributed by atoms with Crippen LogP contribution >= 0.6 is 11.3 Å². The van der Waals surface area contributed by atoms with Gasteiger partial charge in [0.25, 0.3) is 5.91 Å². The second kappa shape index (κ2) is 7.33. The molecule has 0 fully saturated rings. The first-order valence-corrected chi connectivity index (χ1v) is 8.65. The van der Waals surface area contributed by atoms with Crippen LogP contribution in [0.5, 0.6) is 0 Å². The third-order valence-electron chi connectivity index (χ3n) is 3.87. The van der Waals surface area contributed by atoms with E-state index < -0.39 is 5.91 Å². The van der Waals surface area contributed by atoms with Gasteiger partial charge in [0.1, 0.15) is 17.5 Å². The van der Waals surface area contributed by atoms with E-state index >= 15 is 0 Å². The standard InChI is InChI=1S/C19H15FN4OS/c1-12-9-14(13(2)24(12)17-5-3-16(20)4-6-17)10-15(11-21)18(25)23-19-22-7-8-26-19/h3-10H,1-2H3,(H,22,23,25)/b15-10+. The fourth-order valence-electron chi connectivity index (χ4n) is 2.67. The van der Waals surface area contributed by atoms with E-state index in [1.165, 1.54) is 23.5 Å². The average molecular weight is 366 g/mol. The summed E-state index contributed by atoms with van der Waals surface area (Å²) in [7, 11) is 0. The highest BCUT2D eigenvalue weighted by molar-refractivity contribution is 7.13. The Labute approximate surface area is 154 Å². The van der Waals surface area contributed by atoms with Crippen molar-refractivity contribution in [3.05, 3.63) is 70.3 Å². The number of nitrogens with one attached hydrogen (secondary N) is 1. The highest BCUT2D eigenvalue weighted by Gasteiger charge is 2.14. The fourth-order valence-corrected chi connectivity index (χ4v) is 3.20. The number of thiazole rings is 1. The molecule has 0 saturated carbocycles. The van der Waals surface area contributed by atoms with Crippen molar-refractivity contribution in [3.63, 3.8) is 0 Å². The van der Waals surface area contributed by atoms with E-state index in [0.29, 0.717) is 5.13 Å². The number of nitriles is 1. The van der Waals surface area contributed by atoms with Crippen LogP contribution in [0.2, 0.25) is 0 Å². The number of halogens is 1. The zero-order chi connectivity index (χ0) is 18.7. The third kappa shape index (κ3) is 3.55. The summed E-state index contributed by atoms with van der Waals surface area (Å²) in [4.78, 5) is 16.3. The number of nitrogens with zero attached hydrogens (tertiary/aromatic N) is 3. The van der Waals surface area contributed by atoms with Gasteiger partial charge in [0, 0.05) is 28.7 Å². The van der Waals surface area contributed by atoms with Gasteiger partial charge in [0.05, 0.1) is 0 Å². The van der Waals surface area contributed by atoms with Crippen molar-refractivity contribution in [2.75, 3.05) is 5.32 Å². The number of aryl methyl sites for hydroxylation is 1. The molecule has 0 aliphatic heterocycles. The first-order chi connectivity index (χ1) is 12.5. The second-order valence-corrected chi connectivity index (χ2v) is 6.49. The van der Waals surface area contributed by atoms with Crippen molar-refractivity contribution in [2.24, 2.45) is 0 Å². The molecule has 7 heteroatoms. The Balaban J connectivity index is 1.94. The molecule has 2 heterocycles. The number of aromatic nitrogens is 2. The molecule has 0 spiro atoms. The molecule has 3 aromatic rings. The average Bonchev–Trinajstić information content (AvgIpc) is 3.22. The number of rotatable bonds is 4. The minimum Gasteiger partial charge on any atom is -0.318 e. The number of hydrogen-bond donors (Lipinski definition) is 1. The minimum absolute atomic E-state index is 0.0143. The molecular weight excluding hydrogens is 351 g/mol. The molecule has 0 atom stereocenters. The van der Waals surface area contributed by atoms with Crippen LogP contribution in [0.15, 0.2) is 47.5 Å². The van der Waals surface area contributed by atoms with Gasteiger partial charge in [-0.2, -0.15) is 5.26 Å². The third-order valence-corrected chi connectivity index (χ3v) is 4.56. The largest absolute Gasteiger partial charge is 0.318 e. The van der Waals surface area contributed by atoms with Crippen molar-refractivity contribution in [3.8, 4) is 11.8 Å². The monoisotopic (exact) mass is 366 g/mol. The number of anilines is 1. The molecule has 2 aromatic heterocycles. The SMILES string of the molecule is Cc1cc(/C=C(\C#N)C(=O)Nc2nccs2)c(C)n1-c1ccc(F)cc1. The van der Waals surface area contributed by atoms with Crippen molar-refractivity contribution in [1.29, 1.82) is 5.26 Å². The molecule has 1 aromatic carbocycles. The summed E-state index contributed by atoms with van der Waals surface area (Å²) < 4.78 is 15.1. The number of hydrogen-bond acceptors (Lipinski definition) is 4. The zero-order valence-electron chi connectivity index (χ0n) is 14.2. The van der Waals surface area contributed by atoms with Crippen molar-refractivity contribution < 1.29 is 9.18 Å². The lowest BCUT2D eigenvalue weighted by atomic mass is 10.1. The normalized spacial score (nSPS) is 11.2. The van der Waals surface area contributed by atoms with Crippen LogP contribution in [0.25, 0.3) is 11.8 Å². The number of benzene rings is 1. The first-order valence-electron chi connectivity index (χ1n) is 7.77. The van der Waals surface area contributed by atoms with E-state index in [1.807, 2.05) is 30.6 Å². The Kier molecular flexibility index (Phi) is 4.96. The van der Waals surface area contributed by atoms with Crippen molar-refractivity contribution in [2.45, 2.75) is 13.8 Å². The smallest absolute Gasteiger partial charge is 0.268 e. The van der Waals surface area contributed by atoms with Crippen molar-refractivity contribution in [1.82, 2.24) is 9.55 Å². The van der Waals surface area contributed by atoms with Crippen molar-refractivity contribution >= 4 is 28.5 Å². The Morgan fingerprint density at radius 2 is 2.08 bits per heavy atom. The number of carbonyl (C=O) groups is 1. The van der Waals surface area contributed by atoms with E-state index in [1.54, 1.807) is 29.8 Å². The van der Waals surface area contributed by atoms with Gasteiger partial charge in [-0.25, -0.2) is 9.37 Å². The lowest BCUT2D eigenvalue weighted by Gasteiger charge is -2.09. The van der Waals surface area contributed by atoms with Crippen LogP contribution in [0, 0.1) is 31.0 Å². The van der Waals surface area contributed by atoms with Crippen LogP contribution < -0.4 is 5.32 Å². The molecule has 0 aliphatic rings. The predicted molar refractivity (Wildman–Crippen MR) is 99.5 cm³/mol. The van der Waals surface area contributed by atoms with Gasteiger partial charge in [-0.1, -0.05) is 0 Å². The number of carbonyl (C=O) groups excluding carboxylic acids is 1. The topological polar surface area (TPSA) is 70.7 Å². The molecule has 0 saturated heterocycles. The van der Waals surface area contributed by atoms with Gasteiger partial charge in [0.2, 0.25) is 0 Å². The van der Waals surface area contributed by atoms with E-state index in [9.17, 15) is 14.4 Å². The molecule has 130 valence electrons. The zero-order valence-corrected chi connectivity index (χ0v) is 15.0. The lowest BCUT2D eigenvalue weighted by molar-refractivity contribution is -0.112. The maximum Gasteiger partial charge on any atom is 0.268 e. The van der Waals surface area contributed by atoms with E-state index in [0.717, 1.165) is 22.6 Å². The van der Waals surface area contributed by atoms with Gasteiger partial charge in [0.15, 0.2) is 5.13 Å². The summed E-state index contributed by atoms with van der Waals surface area (Å²) in [5, 5.41) is 14.1. The lowest BCUT2D eigenvalue weighted by Crippen LogP contribution is -2.13. The summed E-state index contributed by atoms with van der Waals surface area (Å²) >= 11 is 1.28. The van der Waals surface area contributed by atoms with Gasteiger partial charge >= 0.3 is 0 Å². The molecule has 0 aliphatic carbocycles. The molecule has 1 amide bonds. The van der Waals surface area contributed by atoms with Crippen LogP contribution in [-0.2, 0) is 4.79 Å². The number of amides is 1. The summed E-state index contributed by atoms with van der Waals surface area (Å²) in [5.41, 5.74) is 3.31. The van der Waals surface area contributed by atoms with Crippen LogP contribution in [0.4, 0.5) is 9.52 Å². The van der Waals surface area contributed by atoms with E-state index in [4.69, 9.17) is 0 Å². The molecule has 0 unspecified atom stereocenters. The molecule has 5 nitrogen and oxygen atoms in total. The predicted octanol–water partition coefficient (Wildman–Crippen LogP) is 4.24. The summed E-state index contributed by atoms with van der Waals surface area (Å²) in [5.74, 6) is -0.809.